The topological polar surface area (TPSA) is 42.2 Å². The number of hydrogen-bond acceptors (Lipinski definition) is 3. The van der Waals surface area contributed by atoms with Gasteiger partial charge < -0.3 is 9.47 Å². The van der Waals surface area contributed by atoms with Crippen LogP contribution in [0.3, 0.4) is 0 Å². The Labute approximate surface area is 189 Å². The van der Waals surface area contributed by atoms with Gasteiger partial charge in [0.2, 0.25) is 0 Å². The first-order valence-electron chi connectivity index (χ1n) is 8.94. The fraction of sp³-hybridized carbons (Fsp3) is 0.125. The highest BCUT2D eigenvalue weighted by atomic mass is 127. The molecule has 5 heteroatoms. The Balaban J connectivity index is 1.90. The Hall–Kier alpha value is -2.49. The monoisotopic (exact) mass is 515 g/mol. The number of halogens is 2. The molecule has 3 aromatic rings. The second-order valence-electron chi connectivity index (χ2n) is 6.45. The number of ether oxygens (including phenoxy) is 2. The van der Waals surface area contributed by atoms with Gasteiger partial charge in [-0.25, -0.2) is 0 Å². The van der Waals surface area contributed by atoms with Crippen molar-refractivity contribution in [3.8, 4) is 17.6 Å². The zero-order chi connectivity index (χ0) is 20.8. The number of methoxy groups -OCH3 is 1. The summed E-state index contributed by atoms with van der Waals surface area (Å²) in [6.45, 7) is 2.36. The molecular weight excluding hydrogens is 497 g/mol. The zero-order valence-corrected chi connectivity index (χ0v) is 19.0. The molecule has 0 aliphatic heterocycles. The highest BCUT2D eigenvalue weighted by Crippen LogP contribution is 2.36. The lowest BCUT2D eigenvalue weighted by atomic mass is 10.0. The molecular formula is C24H19ClINO2. The summed E-state index contributed by atoms with van der Waals surface area (Å²) < 4.78 is 12.4. The maximum absolute atomic E-state index is 9.61. The lowest BCUT2D eigenvalue weighted by molar-refractivity contribution is 0.282. The lowest BCUT2D eigenvalue weighted by Gasteiger charge is -2.14. The average molecular weight is 516 g/mol. The molecule has 0 atom stereocenters. The van der Waals surface area contributed by atoms with Crippen LogP contribution < -0.4 is 9.47 Å². The molecule has 3 nitrogen and oxygen atoms in total. The van der Waals surface area contributed by atoms with E-state index in [-0.39, 0.29) is 0 Å². The molecule has 0 radical (unpaired) electrons. The molecule has 3 aromatic carbocycles. The number of nitrogens with zero attached hydrogens (tertiary/aromatic N) is 1. The predicted octanol–water partition coefficient (Wildman–Crippen LogP) is 6.90. The lowest BCUT2D eigenvalue weighted by Crippen LogP contribution is -2.00. The maximum Gasteiger partial charge on any atom is 0.174 e. The quantitative estimate of drug-likeness (QED) is 0.204. The summed E-state index contributed by atoms with van der Waals surface area (Å²) in [6.07, 6.45) is 1.85. The summed E-state index contributed by atoms with van der Waals surface area (Å²) >= 11 is 8.43. The number of rotatable bonds is 6. The smallest absolute Gasteiger partial charge is 0.174 e. The van der Waals surface area contributed by atoms with Crippen LogP contribution >= 0.6 is 34.2 Å². The number of hydrogen-bond donors (Lipinski definition) is 0. The van der Waals surface area contributed by atoms with Crippen molar-refractivity contribution in [3.05, 3.63) is 91.5 Å². The van der Waals surface area contributed by atoms with Crippen molar-refractivity contribution < 1.29 is 9.47 Å². The number of nitriles is 1. The average Bonchev–Trinajstić information content (AvgIpc) is 2.72. The van der Waals surface area contributed by atoms with E-state index in [0.717, 1.165) is 25.8 Å². The van der Waals surface area contributed by atoms with E-state index in [1.165, 1.54) is 0 Å². The van der Waals surface area contributed by atoms with Crippen LogP contribution in [-0.4, -0.2) is 7.11 Å². The molecule has 0 spiro atoms. The Morgan fingerprint density at radius 3 is 2.52 bits per heavy atom. The minimum Gasteiger partial charge on any atom is -0.493 e. The maximum atomic E-state index is 9.61. The number of aryl methyl sites for hydroxylation is 1. The molecule has 3 rings (SSSR count). The van der Waals surface area contributed by atoms with Gasteiger partial charge in [0.05, 0.1) is 22.3 Å². The van der Waals surface area contributed by atoms with Crippen LogP contribution in [0.1, 0.15) is 22.3 Å². The molecule has 0 fully saturated rings. The van der Waals surface area contributed by atoms with E-state index in [4.69, 9.17) is 21.1 Å². The molecule has 0 aliphatic carbocycles. The van der Waals surface area contributed by atoms with Gasteiger partial charge in [-0.3, -0.25) is 0 Å². The predicted molar refractivity (Wildman–Crippen MR) is 126 cm³/mol. The summed E-state index contributed by atoms with van der Waals surface area (Å²) in [5, 5.41) is 10.3. The van der Waals surface area contributed by atoms with Crippen LogP contribution in [0, 0.1) is 21.8 Å². The molecule has 0 heterocycles. The van der Waals surface area contributed by atoms with Crippen molar-refractivity contribution in [2.75, 3.05) is 7.11 Å². The molecule has 0 N–H and O–H groups in total. The van der Waals surface area contributed by atoms with E-state index in [1.54, 1.807) is 7.11 Å². The fourth-order valence-electron chi connectivity index (χ4n) is 2.81. The number of allylic oxidation sites excluding steroid dienone is 1. The van der Waals surface area contributed by atoms with E-state index in [9.17, 15) is 5.26 Å². The molecule has 0 unspecified atom stereocenters. The summed E-state index contributed by atoms with van der Waals surface area (Å²) in [4.78, 5) is 0. The Kier molecular flexibility index (Phi) is 7.18. The zero-order valence-electron chi connectivity index (χ0n) is 16.1. The van der Waals surface area contributed by atoms with Gasteiger partial charge in [0, 0.05) is 10.6 Å². The molecule has 0 bridgehead atoms. The van der Waals surface area contributed by atoms with Crippen LogP contribution in [-0.2, 0) is 6.61 Å². The first-order chi connectivity index (χ1) is 14.0. The van der Waals surface area contributed by atoms with Crippen LogP contribution in [0.5, 0.6) is 11.5 Å². The first-order valence-corrected chi connectivity index (χ1v) is 10.4. The van der Waals surface area contributed by atoms with E-state index in [0.29, 0.717) is 28.7 Å². The SMILES string of the molecule is COc1cc(/C=C(/C#N)c2ccc(C)cc2)cc(I)c1OCc1ccccc1Cl. The van der Waals surface area contributed by atoms with Crippen LogP contribution in [0.4, 0.5) is 0 Å². The van der Waals surface area contributed by atoms with Crippen molar-refractivity contribution in [1.29, 1.82) is 5.26 Å². The van der Waals surface area contributed by atoms with Crippen molar-refractivity contribution >= 4 is 45.8 Å². The standard InChI is InChI=1S/C24H19ClINO2/c1-16-7-9-18(10-8-16)20(14-27)11-17-12-22(26)24(23(13-17)28-2)29-15-19-5-3-4-6-21(19)25/h3-13H,15H2,1-2H3/b20-11-. The van der Waals surface area contributed by atoms with E-state index in [1.807, 2.05) is 73.7 Å². The van der Waals surface area contributed by atoms with Gasteiger partial charge in [-0.15, -0.1) is 0 Å². The Bertz CT molecular complexity index is 1090. The van der Waals surface area contributed by atoms with Crippen molar-refractivity contribution in [1.82, 2.24) is 0 Å². The molecule has 0 saturated heterocycles. The fourth-order valence-corrected chi connectivity index (χ4v) is 3.78. The van der Waals surface area contributed by atoms with E-state index >= 15 is 0 Å². The molecule has 0 aliphatic rings. The highest BCUT2D eigenvalue weighted by molar-refractivity contribution is 14.1. The van der Waals surface area contributed by atoms with Gasteiger partial charge in [0.25, 0.3) is 0 Å². The molecule has 0 amide bonds. The normalized spacial score (nSPS) is 11.1. The van der Waals surface area contributed by atoms with Crippen molar-refractivity contribution in [2.45, 2.75) is 13.5 Å². The van der Waals surface area contributed by atoms with Gasteiger partial charge in [-0.1, -0.05) is 59.6 Å². The summed E-state index contributed by atoms with van der Waals surface area (Å²) in [5.74, 6) is 1.26. The van der Waals surface area contributed by atoms with Crippen LogP contribution in [0.15, 0.2) is 60.7 Å². The minimum absolute atomic E-state index is 0.341. The van der Waals surface area contributed by atoms with Crippen molar-refractivity contribution in [2.24, 2.45) is 0 Å². The second-order valence-corrected chi connectivity index (χ2v) is 8.02. The van der Waals surface area contributed by atoms with E-state index in [2.05, 4.69) is 28.7 Å². The largest absolute Gasteiger partial charge is 0.493 e. The van der Waals surface area contributed by atoms with Gasteiger partial charge in [0.15, 0.2) is 11.5 Å². The summed E-state index contributed by atoms with van der Waals surface area (Å²) in [6, 6.07) is 21.6. The second kappa shape index (κ2) is 9.82. The molecule has 0 aromatic heterocycles. The highest BCUT2D eigenvalue weighted by Gasteiger charge is 2.13. The minimum atomic E-state index is 0.341. The van der Waals surface area contributed by atoms with Gasteiger partial charge in [0.1, 0.15) is 6.61 Å². The third-order valence-electron chi connectivity index (χ3n) is 4.38. The van der Waals surface area contributed by atoms with E-state index < -0.39 is 0 Å². The number of benzene rings is 3. The summed E-state index contributed by atoms with van der Waals surface area (Å²) in [5.41, 5.74) is 4.40. The molecule has 146 valence electrons. The first kappa shape index (κ1) is 21.2. The van der Waals surface area contributed by atoms with Crippen LogP contribution in [0.25, 0.3) is 11.6 Å². The molecule has 0 saturated carbocycles. The third kappa shape index (κ3) is 5.31. The molecule has 29 heavy (non-hydrogen) atoms. The van der Waals surface area contributed by atoms with Gasteiger partial charge in [-0.2, -0.15) is 5.26 Å². The third-order valence-corrected chi connectivity index (χ3v) is 5.55. The van der Waals surface area contributed by atoms with Gasteiger partial charge >= 0.3 is 0 Å². The Morgan fingerprint density at radius 1 is 1.14 bits per heavy atom. The van der Waals surface area contributed by atoms with Crippen molar-refractivity contribution in [3.63, 3.8) is 0 Å². The van der Waals surface area contributed by atoms with Crippen LogP contribution in [0.2, 0.25) is 5.02 Å². The van der Waals surface area contributed by atoms with Gasteiger partial charge in [-0.05, 0) is 64.9 Å². The summed E-state index contributed by atoms with van der Waals surface area (Å²) in [7, 11) is 1.60. The Morgan fingerprint density at radius 2 is 1.86 bits per heavy atom.